The third-order valence-electron chi connectivity index (χ3n) is 1.78. The van der Waals surface area contributed by atoms with Crippen molar-refractivity contribution in [2.45, 2.75) is 20.0 Å². The predicted molar refractivity (Wildman–Crippen MR) is 59.1 cm³/mol. The number of ether oxygens (including phenoxy) is 1. The van der Waals surface area contributed by atoms with E-state index in [0.717, 1.165) is 5.82 Å². The molecular formula is C11H16N2O2. The minimum Gasteiger partial charge on any atom is -0.459 e. The fraction of sp³-hybridized carbons (Fsp3) is 0.455. The average molecular weight is 208 g/mol. The molecular weight excluding hydrogens is 192 g/mol. The Labute approximate surface area is 89.9 Å². The summed E-state index contributed by atoms with van der Waals surface area (Å²) in [5.41, 5.74) is 0.530. The molecule has 0 unspecified atom stereocenters. The average Bonchev–Trinajstić information content (AvgIpc) is 2.17. The van der Waals surface area contributed by atoms with Crippen LogP contribution in [-0.2, 0) is 4.74 Å². The zero-order chi connectivity index (χ0) is 11.4. The van der Waals surface area contributed by atoms with Gasteiger partial charge in [-0.15, -0.1) is 0 Å². The Hall–Kier alpha value is -1.58. The molecule has 0 aliphatic heterocycles. The van der Waals surface area contributed by atoms with Gasteiger partial charge in [0.05, 0.1) is 11.7 Å². The highest BCUT2D eigenvalue weighted by atomic mass is 16.5. The molecule has 0 saturated carbocycles. The first-order valence-corrected chi connectivity index (χ1v) is 4.85. The van der Waals surface area contributed by atoms with Gasteiger partial charge >= 0.3 is 5.97 Å². The topological polar surface area (TPSA) is 42.4 Å². The van der Waals surface area contributed by atoms with E-state index in [1.165, 1.54) is 0 Å². The molecule has 0 spiro atoms. The quantitative estimate of drug-likeness (QED) is 0.709. The van der Waals surface area contributed by atoms with Crippen molar-refractivity contribution in [3.63, 3.8) is 0 Å². The summed E-state index contributed by atoms with van der Waals surface area (Å²) in [5.74, 6) is 0.434. The molecule has 1 rings (SSSR count). The first-order valence-electron chi connectivity index (χ1n) is 4.85. The molecule has 15 heavy (non-hydrogen) atoms. The summed E-state index contributed by atoms with van der Waals surface area (Å²) in [6, 6.07) is 3.36. The number of nitrogens with zero attached hydrogens (tertiary/aromatic N) is 2. The third kappa shape index (κ3) is 3.23. The lowest BCUT2D eigenvalue weighted by Crippen LogP contribution is -2.14. The monoisotopic (exact) mass is 208 g/mol. The Morgan fingerprint density at radius 1 is 1.47 bits per heavy atom. The summed E-state index contributed by atoms with van der Waals surface area (Å²) in [4.78, 5) is 17.5. The normalized spacial score (nSPS) is 10.2. The van der Waals surface area contributed by atoms with Crippen LogP contribution in [0.2, 0.25) is 0 Å². The number of pyridine rings is 1. The van der Waals surface area contributed by atoms with Crippen LogP contribution in [0.3, 0.4) is 0 Å². The van der Waals surface area contributed by atoms with Crippen LogP contribution in [0.1, 0.15) is 24.2 Å². The van der Waals surface area contributed by atoms with Gasteiger partial charge in [0.15, 0.2) is 0 Å². The Bertz CT molecular complexity index is 348. The van der Waals surface area contributed by atoms with Crippen LogP contribution in [0.15, 0.2) is 18.3 Å². The van der Waals surface area contributed by atoms with Gasteiger partial charge in [0, 0.05) is 20.3 Å². The lowest BCUT2D eigenvalue weighted by atomic mass is 10.2. The van der Waals surface area contributed by atoms with Gasteiger partial charge < -0.3 is 9.64 Å². The number of rotatable bonds is 3. The van der Waals surface area contributed by atoms with E-state index in [4.69, 9.17) is 4.74 Å². The Balaban J connectivity index is 2.85. The van der Waals surface area contributed by atoms with Gasteiger partial charge in [-0.25, -0.2) is 9.78 Å². The third-order valence-corrected chi connectivity index (χ3v) is 1.78. The van der Waals surface area contributed by atoms with Crippen LogP contribution < -0.4 is 4.90 Å². The van der Waals surface area contributed by atoms with E-state index in [1.54, 1.807) is 18.3 Å². The van der Waals surface area contributed by atoms with Gasteiger partial charge in [0.25, 0.3) is 0 Å². The van der Waals surface area contributed by atoms with Crippen LogP contribution in [0.5, 0.6) is 0 Å². The molecule has 0 fully saturated rings. The molecule has 0 amide bonds. The van der Waals surface area contributed by atoms with Crippen molar-refractivity contribution in [2.24, 2.45) is 0 Å². The maximum atomic E-state index is 11.6. The van der Waals surface area contributed by atoms with Gasteiger partial charge in [-0.3, -0.25) is 0 Å². The fourth-order valence-corrected chi connectivity index (χ4v) is 1.07. The molecule has 0 atom stereocenters. The minimum absolute atomic E-state index is 0.103. The highest BCUT2D eigenvalue weighted by Crippen LogP contribution is 2.11. The molecule has 0 aromatic carbocycles. The predicted octanol–water partition coefficient (Wildman–Crippen LogP) is 1.71. The summed E-state index contributed by atoms with van der Waals surface area (Å²) in [5, 5.41) is 0. The van der Waals surface area contributed by atoms with E-state index in [1.807, 2.05) is 32.8 Å². The van der Waals surface area contributed by atoms with Gasteiger partial charge in [-0.2, -0.15) is 0 Å². The number of hydrogen-bond donors (Lipinski definition) is 0. The minimum atomic E-state index is -0.310. The molecule has 0 aliphatic carbocycles. The Kier molecular flexibility index (Phi) is 3.66. The Morgan fingerprint density at radius 2 is 2.13 bits per heavy atom. The van der Waals surface area contributed by atoms with Crippen molar-refractivity contribution >= 4 is 11.8 Å². The van der Waals surface area contributed by atoms with Crippen molar-refractivity contribution in [3.05, 3.63) is 23.9 Å². The molecule has 82 valence electrons. The van der Waals surface area contributed by atoms with Crippen molar-refractivity contribution in [1.29, 1.82) is 0 Å². The van der Waals surface area contributed by atoms with E-state index in [2.05, 4.69) is 4.98 Å². The molecule has 1 heterocycles. The highest BCUT2D eigenvalue weighted by Gasteiger charge is 2.10. The molecule has 0 bridgehead atoms. The molecule has 0 aliphatic rings. The van der Waals surface area contributed by atoms with Crippen LogP contribution in [0.4, 0.5) is 5.82 Å². The SMILES string of the molecule is CC(C)OC(=O)c1ccnc(N(C)C)c1. The summed E-state index contributed by atoms with van der Waals surface area (Å²) in [7, 11) is 3.75. The van der Waals surface area contributed by atoms with Gasteiger partial charge in [-0.05, 0) is 26.0 Å². The van der Waals surface area contributed by atoms with Gasteiger partial charge in [0.1, 0.15) is 5.82 Å². The van der Waals surface area contributed by atoms with Crippen LogP contribution >= 0.6 is 0 Å². The van der Waals surface area contributed by atoms with Crippen molar-refractivity contribution in [1.82, 2.24) is 4.98 Å². The van der Waals surface area contributed by atoms with E-state index in [0.29, 0.717) is 5.56 Å². The highest BCUT2D eigenvalue weighted by molar-refractivity contribution is 5.90. The molecule has 4 nitrogen and oxygen atoms in total. The number of hydrogen-bond acceptors (Lipinski definition) is 4. The smallest absolute Gasteiger partial charge is 0.338 e. The summed E-state index contributed by atoms with van der Waals surface area (Å²) in [6.45, 7) is 3.65. The number of esters is 1. The standard InChI is InChI=1S/C11H16N2O2/c1-8(2)15-11(14)9-5-6-12-10(7-9)13(3)4/h5-8H,1-4H3. The molecule has 0 radical (unpaired) electrons. The molecule has 4 heteroatoms. The van der Waals surface area contributed by atoms with Gasteiger partial charge in [0.2, 0.25) is 0 Å². The molecule has 0 saturated heterocycles. The summed E-state index contributed by atoms with van der Waals surface area (Å²) < 4.78 is 5.09. The van der Waals surface area contributed by atoms with Crippen molar-refractivity contribution in [3.8, 4) is 0 Å². The second kappa shape index (κ2) is 4.77. The molecule has 1 aromatic rings. The zero-order valence-electron chi connectivity index (χ0n) is 9.52. The lowest BCUT2D eigenvalue weighted by Gasteiger charge is -2.12. The maximum absolute atomic E-state index is 11.6. The Morgan fingerprint density at radius 3 is 2.67 bits per heavy atom. The largest absolute Gasteiger partial charge is 0.459 e. The van der Waals surface area contributed by atoms with Crippen LogP contribution in [-0.4, -0.2) is 31.2 Å². The van der Waals surface area contributed by atoms with Crippen molar-refractivity contribution in [2.75, 3.05) is 19.0 Å². The van der Waals surface area contributed by atoms with Crippen molar-refractivity contribution < 1.29 is 9.53 Å². The van der Waals surface area contributed by atoms with Crippen LogP contribution in [0, 0.1) is 0 Å². The maximum Gasteiger partial charge on any atom is 0.338 e. The second-order valence-electron chi connectivity index (χ2n) is 3.75. The number of aromatic nitrogens is 1. The second-order valence-corrected chi connectivity index (χ2v) is 3.75. The first-order chi connectivity index (χ1) is 7.00. The van der Waals surface area contributed by atoms with E-state index in [-0.39, 0.29) is 12.1 Å². The number of carbonyl (C=O) groups excluding carboxylic acids is 1. The first kappa shape index (κ1) is 11.5. The number of carbonyl (C=O) groups is 1. The fourth-order valence-electron chi connectivity index (χ4n) is 1.07. The van der Waals surface area contributed by atoms with E-state index < -0.39 is 0 Å². The van der Waals surface area contributed by atoms with E-state index in [9.17, 15) is 4.79 Å². The van der Waals surface area contributed by atoms with E-state index >= 15 is 0 Å². The molecule has 1 aromatic heterocycles. The molecule has 0 N–H and O–H groups in total. The van der Waals surface area contributed by atoms with Gasteiger partial charge in [-0.1, -0.05) is 0 Å². The lowest BCUT2D eigenvalue weighted by molar-refractivity contribution is 0.0378. The van der Waals surface area contributed by atoms with Crippen LogP contribution in [0.25, 0.3) is 0 Å². The summed E-state index contributed by atoms with van der Waals surface area (Å²) in [6.07, 6.45) is 1.50. The zero-order valence-corrected chi connectivity index (χ0v) is 9.52. The summed E-state index contributed by atoms with van der Waals surface area (Å²) >= 11 is 0. The number of anilines is 1.